The first-order chi connectivity index (χ1) is 52.4. The lowest BCUT2D eigenvalue weighted by molar-refractivity contribution is -0.393. The second kappa shape index (κ2) is 42.8. The topological polar surface area (TPSA) is 365 Å². The number of benzene rings is 4. The molecule has 0 radical (unpaired) electrons. The molecular weight excluding hydrogens is 1420 g/mol. The third-order valence-electron chi connectivity index (χ3n) is 18.8. The van der Waals surface area contributed by atoms with Crippen molar-refractivity contribution in [2.45, 2.75) is 207 Å². The fourth-order valence-corrected chi connectivity index (χ4v) is 13.8. The van der Waals surface area contributed by atoms with Crippen LogP contribution in [0.5, 0.6) is 0 Å². The maximum absolute atomic E-state index is 15.3. The van der Waals surface area contributed by atoms with Crippen LogP contribution in [-0.4, -0.2) is 274 Å². The Morgan fingerprint density at radius 3 is 1.08 bits per heavy atom. The van der Waals surface area contributed by atoms with Gasteiger partial charge < -0.3 is 118 Å². The molecule has 0 saturated carbocycles. The molecule has 5 aliphatic rings. The van der Waals surface area contributed by atoms with E-state index < -0.39 is 190 Å². The van der Waals surface area contributed by atoms with Gasteiger partial charge in [0.25, 0.3) is 0 Å². The largest absolute Gasteiger partial charge is 0.463 e. The lowest BCUT2D eigenvalue weighted by Gasteiger charge is -2.52. The van der Waals surface area contributed by atoms with E-state index in [-0.39, 0.29) is 52.6 Å². The molecule has 5 fully saturated rings. The summed E-state index contributed by atoms with van der Waals surface area (Å²) in [6.45, 7) is 1.88. The Kier molecular flexibility index (Phi) is 33.6. The van der Waals surface area contributed by atoms with Gasteiger partial charge in [0.1, 0.15) is 130 Å². The fraction of sp³-hybridized carbons (Fsp3) is 0.613. The summed E-state index contributed by atoms with van der Waals surface area (Å²) < 4.78 is 160. The SMILES string of the molecule is COC[C@H]1O[C@@H](CCN=[N+]=[N-])[C@H](OC)[C@@H](OCc2ccccc2)[C@@H]1O[C@@H]1O[C@@H](C(=O)OCc2ccccc2)[C@@H](O[C@H]2O[C@H](COC(C)=O)[C@@H](O[C@@H]3O[C@H](C(=O)OCc4ccccc4)[C@@H](O[C@H]4O[C@H](COC(C)=O)[C@@H](OC)[C@H](OC)[C@H]4OC)[C@H](OC)[C@H]3OC)[C@H](OC(C)=O)[C@H]2OCc2ccccc2)[C@H](OC)[C@H]1OC. The Balaban J connectivity index is 1.11. The van der Waals surface area contributed by atoms with Crippen LogP contribution in [0, 0.1) is 0 Å². The van der Waals surface area contributed by atoms with Crippen LogP contribution >= 0.6 is 0 Å². The first kappa shape index (κ1) is 84.8. The molecule has 4 aromatic carbocycles. The molecule has 0 aromatic heterocycles. The highest BCUT2D eigenvalue weighted by molar-refractivity contribution is 5.76. The van der Waals surface area contributed by atoms with Gasteiger partial charge in [0.15, 0.2) is 43.5 Å². The molecule has 33 nitrogen and oxygen atoms in total. The Labute approximate surface area is 626 Å². The summed E-state index contributed by atoms with van der Waals surface area (Å²) >= 11 is 0. The van der Waals surface area contributed by atoms with Gasteiger partial charge in [-0.15, -0.1) is 0 Å². The maximum atomic E-state index is 15.3. The van der Waals surface area contributed by atoms with Gasteiger partial charge in [-0.2, -0.15) is 0 Å². The van der Waals surface area contributed by atoms with Crippen molar-refractivity contribution in [3.63, 3.8) is 0 Å². The number of carbonyl (C=O) groups excluding carboxylic acids is 5. The summed E-state index contributed by atoms with van der Waals surface area (Å²) in [5.41, 5.74) is 11.9. The number of carbonyl (C=O) groups is 5. The molecule has 0 spiro atoms. The maximum Gasteiger partial charge on any atom is 0.338 e. The smallest absolute Gasteiger partial charge is 0.338 e. The number of hydrogen-bond donors (Lipinski definition) is 0. The molecule has 9 rings (SSSR count). The minimum Gasteiger partial charge on any atom is -0.463 e. The van der Waals surface area contributed by atoms with Crippen LogP contribution < -0.4 is 0 Å². The lowest BCUT2D eigenvalue weighted by atomic mass is 9.92. The summed E-state index contributed by atoms with van der Waals surface area (Å²) in [5.74, 6) is -4.26. The first-order valence-corrected chi connectivity index (χ1v) is 35.2. The molecule has 5 heterocycles. The van der Waals surface area contributed by atoms with Gasteiger partial charge in [-0.25, -0.2) is 9.59 Å². The van der Waals surface area contributed by atoms with E-state index in [0.29, 0.717) is 16.7 Å². The average Bonchev–Trinajstić information content (AvgIpc) is 0.763. The van der Waals surface area contributed by atoms with Crippen LogP contribution in [0.4, 0.5) is 0 Å². The van der Waals surface area contributed by atoms with Gasteiger partial charge >= 0.3 is 29.8 Å². The van der Waals surface area contributed by atoms with Crippen LogP contribution in [0.15, 0.2) is 126 Å². The molecule has 0 aliphatic carbocycles. The Morgan fingerprint density at radius 2 is 0.694 bits per heavy atom. The zero-order valence-corrected chi connectivity index (χ0v) is 62.4. The second-order valence-electron chi connectivity index (χ2n) is 25.7. The van der Waals surface area contributed by atoms with Crippen LogP contribution in [0.2, 0.25) is 0 Å². The zero-order chi connectivity index (χ0) is 77.2. The summed E-state index contributed by atoms with van der Waals surface area (Å²) in [6.07, 6.45) is -33.8. The standard InChI is InChI=1S/C75H99N3O30/c1-42(79)93-40-51-54(86-6)57(87-7)66(90-10)72(101-51)105-62-58(88-8)68(92-12)74(108-64(62)70(82)97-37-47-29-21-15-22-30-47)104-56-52(41-94-43(2)80)102-75(69(61(56)99-44(3)81)96-36-46-27-19-14-20-28-46)106-63-59(89-9)67(91-11)73(107-65(63)71(83)98-38-48-31-23-16-24-32-48)103-55-50(39-84-4)100-49(33-34-77-78-76)53(85-5)60(55)95-35-45-25-17-13-18-26-45/h13-32,49-69,72-75H,33-41H2,1-12H3/t49-,50+,51+,52+,53-,54+,55+,56+,57-,58-,59-,60+,61-,62-,63-,64-,65+,66+,67+,68+,69+,72+,73+,74+,75+/m0/s1. The van der Waals surface area contributed by atoms with Crippen LogP contribution in [-0.2, 0) is 169 Å². The van der Waals surface area contributed by atoms with Crippen molar-refractivity contribution in [1.82, 2.24) is 0 Å². The van der Waals surface area contributed by atoms with E-state index in [1.807, 2.05) is 30.3 Å². The van der Waals surface area contributed by atoms with Crippen molar-refractivity contribution in [2.24, 2.45) is 5.11 Å². The molecule has 5 aliphatic heterocycles. The van der Waals surface area contributed by atoms with Crippen molar-refractivity contribution in [3.05, 3.63) is 154 Å². The number of azide groups is 1. The minimum absolute atomic E-state index is 0.0503. The van der Waals surface area contributed by atoms with E-state index >= 15 is 9.59 Å². The van der Waals surface area contributed by atoms with Gasteiger partial charge in [0, 0.05) is 96.2 Å². The Morgan fingerprint density at radius 1 is 0.352 bits per heavy atom. The average molecular weight is 1520 g/mol. The van der Waals surface area contributed by atoms with E-state index in [1.165, 1.54) is 70.9 Å². The molecule has 0 N–H and O–H groups in total. The van der Waals surface area contributed by atoms with Crippen molar-refractivity contribution in [1.29, 1.82) is 0 Å². The zero-order valence-electron chi connectivity index (χ0n) is 62.4. The number of methoxy groups -OCH3 is 9. The van der Waals surface area contributed by atoms with Gasteiger partial charge in [-0.05, 0) is 34.2 Å². The van der Waals surface area contributed by atoms with Crippen LogP contribution in [0.3, 0.4) is 0 Å². The second-order valence-corrected chi connectivity index (χ2v) is 25.7. The van der Waals surface area contributed by atoms with Crippen molar-refractivity contribution in [2.75, 3.05) is 90.4 Å². The van der Waals surface area contributed by atoms with Crippen molar-refractivity contribution >= 4 is 29.8 Å². The van der Waals surface area contributed by atoms with Gasteiger partial charge in [-0.3, -0.25) is 14.4 Å². The van der Waals surface area contributed by atoms with Crippen LogP contribution in [0.1, 0.15) is 49.4 Å². The molecule has 0 bridgehead atoms. The number of ether oxygens (including phenoxy) is 25. The van der Waals surface area contributed by atoms with E-state index in [4.69, 9.17) is 118 Å². The number of nitrogens with zero attached hydrogens (tertiary/aromatic N) is 3. The normalized spacial score (nSPS) is 32.7. The summed E-state index contributed by atoms with van der Waals surface area (Å²) in [7, 11) is 12.5. The molecule has 5 saturated heterocycles. The summed E-state index contributed by atoms with van der Waals surface area (Å²) in [6, 6.07) is 36.0. The number of esters is 5. The summed E-state index contributed by atoms with van der Waals surface area (Å²) in [5, 5.41) is 3.76. The molecule has 4 aromatic rings. The molecule has 108 heavy (non-hydrogen) atoms. The van der Waals surface area contributed by atoms with Crippen LogP contribution in [0.25, 0.3) is 10.4 Å². The highest BCUT2D eigenvalue weighted by atomic mass is 16.8. The molecular formula is C75H99N3O30. The first-order valence-electron chi connectivity index (χ1n) is 35.2. The van der Waals surface area contributed by atoms with E-state index in [2.05, 4.69) is 10.0 Å². The predicted octanol–water partition coefficient (Wildman–Crippen LogP) is 5.38. The highest BCUT2D eigenvalue weighted by Gasteiger charge is 2.62. The monoisotopic (exact) mass is 1520 g/mol. The molecule has 33 heteroatoms. The molecule has 0 unspecified atom stereocenters. The van der Waals surface area contributed by atoms with Crippen molar-refractivity contribution in [3.8, 4) is 0 Å². The number of rotatable bonds is 38. The molecule has 0 amide bonds. The summed E-state index contributed by atoms with van der Waals surface area (Å²) in [4.78, 5) is 72.6. The number of hydrogen-bond acceptors (Lipinski definition) is 31. The Hall–Kier alpha value is -7.26. The minimum atomic E-state index is -1.83. The van der Waals surface area contributed by atoms with E-state index in [0.717, 1.165) is 19.4 Å². The highest BCUT2D eigenvalue weighted by Crippen LogP contribution is 2.42. The van der Waals surface area contributed by atoms with E-state index in [9.17, 15) is 19.9 Å². The molecule has 25 atom stereocenters. The molecule has 594 valence electrons. The fourth-order valence-electron chi connectivity index (χ4n) is 13.8. The van der Waals surface area contributed by atoms with Gasteiger partial charge in [0.2, 0.25) is 0 Å². The quantitative estimate of drug-likeness (QED) is 0.0179. The van der Waals surface area contributed by atoms with Crippen molar-refractivity contribution < 1.29 is 142 Å². The lowest BCUT2D eigenvalue weighted by Crippen LogP contribution is -2.70. The predicted molar refractivity (Wildman–Crippen MR) is 371 cm³/mol. The van der Waals surface area contributed by atoms with Gasteiger partial charge in [0.05, 0.1) is 25.9 Å². The third kappa shape index (κ3) is 22.1. The van der Waals surface area contributed by atoms with Gasteiger partial charge in [-0.1, -0.05) is 126 Å². The third-order valence-corrected chi connectivity index (χ3v) is 18.8. The van der Waals surface area contributed by atoms with E-state index in [1.54, 1.807) is 91.0 Å². The Bertz CT molecular complexity index is 3430.